The quantitative estimate of drug-likeness (QED) is 0.552. The molecule has 0 atom stereocenters. The first-order valence-corrected chi connectivity index (χ1v) is 7.77. The van der Waals surface area contributed by atoms with E-state index in [2.05, 4.69) is 5.32 Å². The molecule has 0 saturated heterocycles. The van der Waals surface area contributed by atoms with Gasteiger partial charge in [0, 0.05) is 11.4 Å². The number of aryl methyl sites for hydroxylation is 2. The van der Waals surface area contributed by atoms with Crippen LogP contribution in [0.1, 0.15) is 22.3 Å². The molecule has 10 heteroatoms. The van der Waals surface area contributed by atoms with Gasteiger partial charge in [-0.3, -0.25) is 9.59 Å². The molecule has 0 spiro atoms. The summed E-state index contributed by atoms with van der Waals surface area (Å²) in [6.07, 6.45) is -10.1. The number of carbonyl (C=O) groups is 2. The van der Waals surface area contributed by atoms with Crippen LogP contribution in [-0.2, 0) is 21.9 Å². The minimum Gasteiger partial charge on any atom is -0.318 e. The average Bonchev–Trinajstić information content (AvgIpc) is 2.56. The molecule has 2 amide bonds. The summed E-state index contributed by atoms with van der Waals surface area (Å²) in [5.41, 5.74) is -2.44. The first-order valence-electron chi connectivity index (χ1n) is 7.77. The molecule has 0 fully saturated rings. The van der Waals surface area contributed by atoms with Crippen molar-refractivity contribution in [3.8, 4) is 0 Å². The van der Waals surface area contributed by atoms with Crippen LogP contribution in [0.5, 0.6) is 0 Å². The van der Waals surface area contributed by atoms with Gasteiger partial charge in [-0.25, -0.2) is 0 Å². The highest BCUT2D eigenvalue weighted by molar-refractivity contribution is 6.43. The third kappa shape index (κ3) is 5.02. The van der Waals surface area contributed by atoms with Crippen LogP contribution in [0.4, 0.5) is 37.7 Å². The summed E-state index contributed by atoms with van der Waals surface area (Å²) in [4.78, 5) is 24.0. The van der Waals surface area contributed by atoms with E-state index in [9.17, 15) is 35.9 Å². The molecular weight excluding hydrogens is 390 g/mol. The summed E-state index contributed by atoms with van der Waals surface area (Å²) in [6.45, 7) is 3.31. The molecular formula is C18H14F6N2O2. The number of hydrogen-bond donors (Lipinski definition) is 2. The monoisotopic (exact) mass is 404 g/mol. The number of para-hydroxylation sites is 1. The summed E-state index contributed by atoms with van der Waals surface area (Å²) in [5.74, 6) is -2.64. The molecule has 0 unspecified atom stereocenters. The van der Waals surface area contributed by atoms with Crippen LogP contribution in [0.25, 0.3) is 0 Å². The maximum atomic E-state index is 12.8. The van der Waals surface area contributed by atoms with Crippen LogP contribution in [0.15, 0.2) is 36.4 Å². The number of halogens is 6. The smallest absolute Gasteiger partial charge is 0.318 e. The van der Waals surface area contributed by atoms with E-state index in [1.165, 1.54) is 0 Å². The van der Waals surface area contributed by atoms with Crippen LogP contribution >= 0.6 is 0 Å². The Balaban J connectivity index is 2.29. The first kappa shape index (κ1) is 21.3. The minimum atomic E-state index is -5.07. The van der Waals surface area contributed by atoms with Crippen molar-refractivity contribution in [2.75, 3.05) is 10.6 Å². The van der Waals surface area contributed by atoms with Crippen molar-refractivity contribution in [1.82, 2.24) is 0 Å². The van der Waals surface area contributed by atoms with Crippen molar-refractivity contribution in [3.63, 3.8) is 0 Å². The summed E-state index contributed by atoms with van der Waals surface area (Å²) < 4.78 is 77.1. The lowest BCUT2D eigenvalue weighted by Gasteiger charge is -2.15. The van der Waals surface area contributed by atoms with E-state index in [0.717, 1.165) is 0 Å². The fourth-order valence-corrected chi connectivity index (χ4v) is 2.40. The van der Waals surface area contributed by atoms with Gasteiger partial charge < -0.3 is 10.6 Å². The lowest BCUT2D eigenvalue weighted by Crippen LogP contribution is -2.30. The Morgan fingerprint density at radius 1 is 0.750 bits per heavy atom. The molecule has 0 heterocycles. The van der Waals surface area contributed by atoms with E-state index >= 15 is 0 Å². The summed E-state index contributed by atoms with van der Waals surface area (Å²) in [6, 6.07) is 5.58. The van der Waals surface area contributed by atoms with Crippen molar-refractivity contribution < 1.29 is 35.9 Å². The maximum absolute atomic E-state index is 12.8. The predicted octanol–water partition coefficient (Wildman–Crippen LogP) is 4.92. The third-order valence-corrected chi connectivity index (χ3v) is 3.77. The lowest BCUT2D eigenvalue weighted by atomic mass is 10.1. The van der Waals surface area contributed by atoms with Gasteiger partial charge in [-0.1, -0.05) is 18.2 Å². The predicted molar refractivity (Wildman–Crippen MR) is 89.6 cm³/mol. The van der Waals surface area contributed by atoms with E-state index in [1.807, 2.05) is 0 Å². The summed E-state index contributed by atoms with van der Waals surface area (Å²) >= 11 is 0. The standard InChI is InChI=1S/C18H14F6N2O2/c1-9-4-3-5-10(2)14(9)26-16(28)15(27)25-13-7-11(17(19,20)21)6-12(8-13)18(22,23)24/h3-8H,1-2H3,(H,25,27)(H,26,28). The topological polar surface area (TPSA) is 58.2 Å². The van der Waals surface area contributed by atoms with Crippen molar-refractivity contribution in [2.24, 2.45) is 0 Å². The Bertz CT molecular complexity index is 867. The largest absolute Gasteiger partial charge is 0.416 e. The zero-order valence-corrected chi connectivity index (χ0v) is 14.5. The molecule has 0 aliphatic rings. The second kappa shape index (κ2) is 7.53. The Hall–Kier alpha value is -3.04. The van der Waals surface area contributed by atoms with E-state index in [1.54, 1.807) is 37.4 Å². The molecule has 0 saturated carbocycles. The lowest BCUT2D eigenvalue weighted by molar-refractivity contribution is -0.143. The number of hydrogen-bond acceptors (Lipinski definition) is 2. The number of anilines is 2. The highest BCUT2D eigenvalue weighted by atomic mass is 19.4. The Labute approximate surface area is 155 Å². The normalized spacial score (nSPS) is 11.9. The number of benzene rings is 2. The van der Waals surface area contributed by atoms with Crippen molar-refractivity contribution in [1.29, 1.82) is 0 Å². The van der Waals surface area contributed by atoms with E-state index in [0.29, 0.717) is 28.9 Å². The van der Waals surface area contributed by atoms with Gasteiger partial charge in [0.05, 0.1) is 11.1 Å². The van der Waals surface area contributed by atoms with Gasteiger partial charge in [-0.15, -0.1) is 0 Å². The molecule has 0 aliphatic carbocycles. The Morgan fingerprint density at radius 3 is 1.61 bits per heavy atom. The fourth-order valence-electron chi connectivity index (χ4n) is 2.40. The molecule has 28 heavy (non-hydrogen) atoms. The SMILES string of the molecule is Cc1cccc(C)c1NC(=O)C(=O)Nc1cc(C(F)(F)F)cc(C(F)(F)F)c1. The van der Waals surface area contributed by atoms with Gasteiger partial charge in [-0.2, -0.15) is 26.3 Å². The molecule has 2 N–H and O–H groups in total. The number of alkyl halides is 6. The zero-order valence-electron chi connectivity index (χ0n) is 14.5. The Morgan fingerprint density at radius 2 is 1.18 bits per heavy atom. The minimum absolute atomic E-state index is 0.0770. The zero-order chi connectivity index (χ0) is 21.3. The van der Waals surface area contributed by atoms with E-state index in [4.69, 9.17) is 0 Å². The molecule has 0 aliphatic heterocycles. The molecule has 2 aromatic carbocycles. The molecule has 0 aromatic heterocycles. The van der Waals surface area contributed by atoms with Gasteiger partial charge in [0.2, 0.25) is 0 Å². The third-order valence-electron chi connectivity index (χ3n) is 3.77. The van der Waals surface area contributed by atoms with Gasteiger partial charge in [0.1, 0.15) is 0 Å². The molecule has 0 bridgehead atoms. The van der Waals surface area contributed by atoms with Crippen LogP contribution < -0.4 is 10.6 Å². The number of rotatable bonds is 2. The second-order valence-electron chi connectivity index (χ2n) is 5.97. The Kier molecular flexibility index (Phi) is 5.72. The van der Waals surface area contributed by atoms with Gasteiger partial charge in [0.15, 0.2) is 0 Å². The van der Waals surface area contributed by atoms with Crippen LogP contribution in [0, 0.1) is 13.8 Å². The maximum Gasteiger partial charge on any atom is 0.416 e. The first-order chi connectivity index (χ1) is 12.8. The fraction of sp³-hybridized carbons (Fsp3) is 0.222. The highest BCUT2D eigenvalue weighted by Gasteiger charge is 2.37. The molecule has 4 nitrogen and oxygen atoms in total. The van der Waals surface area contributed by atoms with Crippen molar-refractivity contribution in [2.45, 2.75) is 26.2 Å². The molecule has 150 valence electrons. The second-order valence-corrected chi connectivity index (χ2v) is 5.97. The van der Waals surface area contributed by atoms with E-state index < -0.39 is 41.0 Å². The summed E-state index contributed by atoms with van der Waals surface area (Å²) in [7, 11) is 0. The van der Waals surface area contributed by atoms with E-state index in [-0.39, 0.29) is 6.07 Å². The van der Waals surface area contributed by atoms with Gasteiger partial charge >= 0.3 is 24.2 Å². The number of nitrogens with one attached hydrogen (secondary N) is 2. The van der Waals surface area contributed by atoms with Crippen molar-refractivity contribution >= 4 is 23.2 Å². The van der Waals surface area contributed by atoms with Gasteiger partial charge in [-0.05, 0) is 43.2 Å². The van der Waals surface area contributed by atoms with Crippen molar-refractivity contribution in [3.05, 3.63) is 58.7 Å². The van der Waals surface area contributed by atoms with Crippen LogP contribution in [-0.4, -0.2) is 11.8 Å². The molecule has 2 aromatic rings. The van der Waals surface area contributed by atoms with Crippen LogP contribution in [0.2, 0.25) is 0 Å². The summed E-state index contributed by atoms with van der Waals surface area (Å²) in [5, 5.41) is 4.07. The number of amides is 2. The van der Waals surface area contributed by atoms with Gasteiger partial charge in [0.25, 0.3) is 0 Å². The molecule has 0 radical (unpaired) electrons. The highest BCUT2D eigenvalue weighted by Crippen LogP contribution is 2.37. The average molecular weight is 404 g/mol. The molecule has 2 rings (SSSR count). The van der Waals surface area contributed by atoms with Crippen LogP contribution in [0.3, 0.4) is 0 Å². The number of carbonyl (C=O) groups excluding carboxylic acids is 2.